The summed E-state index contributed by atoms with van der Waals surface area (Å²) in [6.45, 7) is 3.91. The van der Waals surface area contributed by atoms with Gasteiger partial charge in [-0.15, -0.1) is 0 Å². The van der Waals surface area contributed by atoms with Gasteiger partial charge in [-0.05, 0) is 48.7 Å². The van der Waals surface area contributed by atoms with Crippen molar-refractivity contribution >= 4 is 11.8 Å². The van der Waals surface area contributed by atoms with Crippen LogP contribution in [0.25, 0.3) is 0 Å². The molecule has 2 N–H and O–H groups in total. The van der Waals surface area contributed by atoms with Gasteiger partial charge in [0.1, 0.15) is 11.8 Å². The van der Waals surface area contributed by atoms with Gasteiger partial charge in [0, 0.05) is 12.4 Å². The number of pyridine rings is 1. The van der Waals surface area contributed by atoms with Gasteiger partial charge in [0.25, 0.3) is 11.8 Å². The van der Waals surface area contributed by atoms with Crippen LogP contribution in [0.1, 0.15) is 38.7 Å². The average molecular weight is 403 g/mol. The van der Waals surface area contributed by atoms with Gasteiger partial charge >= 0.3 is 0 Å². The van der Waals surface area contributed by atoms with Crippen LogP contribution < -0.4 is 10.5 Å². The molecular weight excluding hydrogens is 378 g/mol. The van der Waals surface area contributed by atoms with Crippen LogP contribution in [-0.2, 0) is 11.3 Å². The maximum absolute atomic E-state index is 13.4. The van der Waals surface area contributed by atoms with Crippen molar-refractivity contribution in [2.75, 3.05) is 7.11 Å². The lowest BCUT2D eigenvalue weighted by atomic mass is 10.0. The highest BCUT2D eigenvalue weighted by molar-refractivity contribution is 6.06. The van der Waals surface area contributed by atoms with E-state index >= 15 is 0 Å². The molecule has 0 radical (unpaired) electrons. The van der Waals surface area contributed by atoms with Gasteiger partial charge in [-0.2, -0.15) is 0 Å². The van der Waals surface area contributed by atoms with E-state index in [2.05, 4.69) is 4.98 Å². The van der Waals surface area contributed by atoms with Crippen LogP contribution >= 0.6 is 0 Å². The summed E-state index contributed by atoms with van der Waals surface area (Å²) in [4.78, 5) is 31.9. The second-order valence-corrected chi connectivity index (χ2v) is 7.16. The Morgan fingerprint density at radius 2 is 1.83 bits per heavy atom. The summed E-state index contributed by atoms with van der Waals surface area (Å²) in [5, 5.41) is 0. The van der Waals surface area contributed by atoms with E-state index in [1.807, 2.05) is 38.1 Å². The summed E-state index contributed by atoms with van der Waals surface area (Å²) in [5.41, 5.74) is 9.90. The van der Waals surface area contributed by atoms with Crippen LogP contribution in [0.3, 0.4) is 0 Å². The van der Waals surface area contributed by atoms with Gasteiger partial charge in [-0.3, -0.25) is 19.5 Å². The van der Waals surface area contributed by atoms with Crippen molar-refractivity contribution in [3.05, 3.63) is 94.8 Å². The largest absolute Gasteiger partial charge is 0.497 e. The van der Waals surface area contributed by atoms with E-state index < -0.39 is 17.9 Å². The van der Waals surface area contributed by atoms with E-state index in [-0.39, 0.29) is 6.54 Å². The number of rotatable bonds is 6. The number of carbonyl (C=O) groups excluding carboxylic acids is 2. The fourth-order valence-electron chi connectivity index (χ4n) is 3.10. The molecule has 1 atom stereocenters. The summed E-state index contributed by atoms with van der Waals surface area (Å²) in [6, 6.07) is 15.4. The Bertz CT molecular complexity index is 1050. The van der Waals surface area contributed by atoms with Crippen LogP contribution in [0.4, 0.5) is 0 Å². The molecule has 0 spiro atoms. The van der Waals surface area contributed by atoms with Crippen molar-refractivity contribution in [3.8, 4) is 5.75 Å². The van der Waals surface area contributed by atoms with E-state index in [0.29, 0.717) is 16.9 Å². The molecule has 1 heterocycles. The Balaban J connectivity index is 1.96. The highest BCUT2D eigenvalue weighted by atomic mass is 16.5. The Morgan fingerprint density at radius 1 is 1.10 bits per heavy atom. The molecule has 0 aliphatic rings. The molecule has 0 aliphatic heterocycles. The molecule has 0 fully saturated rings. The molecule has 3 aromatic rings. The minimum absolute atomic E-state index is 0.115. The molecule has 154 valence electrons. The maximum Gasteiger partial charge on any atom is 0.262 e. The molecule has 2 amide bonds. The minimum Gasteiger partial charge on any atom is -0.497 e. The maximum atomic E-state index is 13.4. The standard InChI is InChI=1S/C24H25N3O3/c1-16-7-9-18(10-8-16)15-27(23(28)21-14-26-12-11-17(21)2)24(29)22(25)19-5-4-6-20(13-19)30-3/h4-14,22H,15,25H2,1-3H3. The first kappa shape index (κ1) is 21.2. The monoisotopic (exact) mass is 403 g/mol. The Hall–Kier alpha value is -3.51. The third kappa shape index (κ3) is 4.72. The number of methoxy groups -OCH3 is 1. The van der Waals surface area contributed by atoms with Crippen LogP contribution in [0, 0.1) is 13.8 Å². The summed E-state index contributed by atoms with van der Waals surface area (Å²) < 4.78 is 5.23. The van der Waals surface area contributed by atoms with Crippen LogP contribution in [0.5, 0.6) is 5.75 Å². The van der Waals surface area contributed by atoms with Crippen molar-refractivity contribution in [3.63, 3.8) is 0 Å². The zero-order valence-electron chi connectivity index (χ0n) is 17.3. The van der Waals surface area contributed by atoms with Gasteiger partial charge in [0.15, 0.2) is 0 Å². The van der Waals surface area contributed by atoms with Gasteiger partial charge in [0.2, 0.25) is 0 Å². The fraction of sp³-hybridized carbons (Fsp3) is 0.208. The van der Waals surface area contributed by atoms with E-state index in [9.17, 15) is 9.59 Å². The number of nitrogens with two attached hydrogens (primary N) is 1. The van der Waals surface area contributed by atoms with Crippen LogP contribution in [-0.4, -0.2) is 28.8 Å². The first-order valence-electron chi connectivity index (χ1n) is 9.62. The van der Waals surface area contributed by atoms with Crippen LogP contribution in [0.2, 0.25) is 0 Å². The number of ether oxygens (including phenoxy) is 1. The van der Waals surface area contributed by atoms with E-state index in [1.165, 1.54) is 11.1 Å². The average Bonchev–Trinajstić information content (AvgIpc) is 2.77. The summed E-state index contributed by atoms with van der Waals surface area (Å²) in [5.74, 6) is -0.322. The number of nitrogens with zero attached hydrogens (tertiary/aromatic N) is 2. The second-order valence-electron chi connectivity index (χ2n) is 7.16. The van der Waals surface area contributed by atoms with Crippen molar-refractivity contribution in [2.45, 2.75) is 26.4 Å². The highest BCUT2D eigenvalue weighted by Crippen LogP contribution is 2.22. The molecule has 0 bridgehead atoms. The summed E-state index contributed by atoms with van der Waals surface area (Å²) in [7, 11) is 1.55. The number of benzene rings is 2. The third-order valence-electron chi connectivity index (χ3n) is 4.96. The zero-order valence-corrected chi connectivity index (χ0v) is 17.3. The smallest absolute Gasteiger partial charge is 0.262 e. The molecular formula is C24H25N3O3. The number of amides is 2. The minimum atomic E-state index is -1.01. The molecule has 6 nitrogen and oxygen atoms in total. The first-order valence-corrected chi connectivity index (χ1v) is 9.62. The third-order valence-corrected chi connectivity index (χ3v) is 4.96. The predicted molar refractivity (Wildman–Crippen MR) is 115 cm³/mol. The molecule has 6 heteroatoms. The Labute approximate surface area is 176 Å². The van der Waals surface area contributed by atoms with Crippen LogP contribution in [0.15, 0.2) is 67.0 Å². The summed E-state index contributed by atoms with van der Waals surface area (Å²) >= 11 is 0. The van der Waals surface area contributed by atoms with E-state index in [4.69, 9.17) is 10.5 Å². The number of imide groups is 1. The lowest BCUT2D eigenvalue weighted by Gasteiger charge is -2.25. The number of aryl methyl sites for hydroxylation is 2. The molecule has 1 aromatic heterocycles. The fourth-order valence-corrected chi connectivity index (χ4v) is 3.10. The number of hydrogen-bond acceptors (Lipinski definition) is 5. The number of aromatic nitrogens is 1. The first-order chi connectivity index (χ1) is 14.4. The molecule has 0 aliphatic carbocycles. The van der Waals surface area contributed by atoms with Gasteiger partial charge in [-0.25, -0.2) is 0 Å². The predicted octanol–water partition coefficient (Wildman–Crippen LogP) is 3.58. The number of hydrogen-bond donors (Lipinski definition) is 1. The lowest BCUT2D eigenvalue weighted by molar-refractivity contribution is -0.130. The molecule has 1 unspecified atom stereocenters. The Morgan fingerprint density at radius 3 is 2.50 bits per heavy atom. The number of carbonyl (C=O) groups is 2. The van der Waals surface area contributed by atoms with Gasteiger partial charge in [0.05, 0.1) is 19.2 Å². The molecule has 2 aromatic carbocycles. The van der Waals surface area contributed by atoms with Crippen molar-refractivity contribution in [2.24, 2.45) is 5.73 Å². The lowest BCUT2D eigenvalue weighted by Crippen LogP contribution is -2.42. The molecule has 3 rings (SSSR count). The molecule has 0 saturated carbocycles. The van der Waals surface area contributed by atoms with Crippen molar-refractivity contribution < 1.29 is 14.3 Å². The van der Waals surface area contributed by atoms with Gasteiger partial charge < -0.3 is 10.5 Å². The van der Waals surface area contributed by atoms with E-state index in [1.54, 1.807) is 43.6 Å². The zero-order chi connectivity index (χ0) is 21.7. The van der Waals surface area contributed by atoms with Gasteiger partial charge in [-0.1, -0.05) is 42.0 Å². The van der Waals surface area contributed by atoms with Crippen molar-refractivity contribution in [1.82, 2.24) is 9.88 Å². The SMILES string of the molecule is COc1cccc(C(N)C(=O)N(Cc2ccc(C)cc2)C(=O)c2cnccc2C)c1. The summed E-state index contributed by atoms with van der Waals surface area (Å²) in [6.07, 6.45) is 3.09. The highest BCUT2D eigenvalue weighted by Gasteiger charge is 2.29. The second kappa shape index (κ2) is 9.33. The van der Waals surface area contributed by atoms with Crippen molar-refractivity contribution in [1.29, 1.82) is 0 Å². The topological polar surface area (TPSA) is 85.5 Å². The normalized spacial score (nSPS) is 11.6. The van der Waals surface area contributed by atoms with E-state index in [0.717, 1.165) is 16.7 Å². The Kier molecular flexibility index (Phi) is 6.59. The quantitative estimate of drug-likeness (QED) is 0.680. The molecule has 30 heavy (non-hydrogen) atoms. The molecule has 0 saturated heterocycles.